The van der Waals surface area contributed by atoms with Crippen molar-refractivity contribution in [2.45, 2.75) is 58.1 Å². The number of carbonyl (C=O) groups is 1. The predicted octanol–water partition coefficient (Wildman–Crippen LogP) is 4.41. The fourth-order valence-electron chi connectivity index (χ4n) is 6.56. The molecule has 8 nitrogen and oxygen atoms in total. The highest BCUT2D eigenvalue weighted by Crippen LogP contribution is 2.62. The summed E-state index contributed by atoms with van der Waals surface area (Å²) in [5, 5.41) is 28.7. The van der Waals surface area contributed by atoms with Crippen LogP contribution in [0.4, 0.5) is 10.8 Å². The Balaban J connectivity index is 1.45. The van der Waals surface area contributed by atoms with Crippen LogP contribution in [0, 0.1) is 16.7 Å². The summed E-state index contributed by atoms with van der Waals surface area (Å²) in [5.74, 6) is 0.550. The molecule has 5 unspecified atom stereocenters. The summed E-state index contributed by atoms with van der Waals surface area (Å²) in [4.78, 5) is 23.7. The minimum atomic E-state index is -0.655. The maximum atomic E-state index is 13.4. The zero-order valence-corrected chi connectivity index (χ0v) is 22.9. The van der Waals surface area contributed by atoms with Crippen molar-refractivity contribution in [2.24, 2.45) is 16.7 Å². The number of fused-ring (bicyclic) bond motifs is 2. The van der Waals surface area contributed by atoms with Crippen molar-refractivity contribution in [1.29, 1.82) is 0 Å². The quantitative estimate of drug-likeness (QED) is 0.337. The fraction of sp³-hybridized carbons (Fsp3) is 0.483. The van der Waals surface area contributed by atoms with Gasteiger partial charge in [-0.2, -0.15) is 0 Å². The molecule has 0 aliphatic heterocycles. The number of amides is 1. The monoisotopic (exact) mass is 536 g/mol. The fourth-order valence-corrected chi connectivity index (χ4v) is 7.65. The summed E-state index contributed by atoms with van der Waals surface area (Å²) in [7, 11) is 1.63. The first-order chi connectivity index (χ1) is 18.3. The van der Waals surface area contributed by atoms with E-state index >= 15 is 0 Å². The van der Waals surface area contributed by atoms with E-state index in [1.165, 1.54) is 0 Å². The number of hydrogen-bond acceptors (Lipinski definition) is 8. The molecule has 5 atom stereocenters. The Bertz CT molecular complexity index is 1280. The van der Waals surface area contributed by atoms with E-state index in [4.69, 9.17) is 9.72 Å². The van der Waals surface area contributed by atoms with E-state index in [9.17, 15) is 15.0 Å². The number of anilines is 2. The third-order valence-electron chi connectivity index (χ3n) is 8.86. The van der Waals surface area contributed by atoms with Gasteiger partial charge in [0.25, 0.3) is 0 Å². The van der Waals surface area contributed by atoms with Gasteiger partial charge in [-0.05, 0) is 48.8 Å². The molecule has 202 valence electrons. The molecule has 0 bridgehead atoms. The number of aromatic nitrogens is 2. The topological polar surface area (TPSA) is 117 Å². The van der Waals surface area contributed by atoms with Crippen molar-refractivity contribution in [3.63, 3.8) is 0 Å². The average molecular weight is 537 g/mol. The van der Waals surface area contributed by atoms with Crippen LogP contribution < -0.4 is 15.4 Å². The number of methoxy groups -OCH3 is 1. The highest BCUT2D eigenvalue weighted by atomic mass is 32.1. The van der Waals surface area contributed by atoms with Gasteiger partial charge in [0.1, 0.15) is 5.75 Å². The van der Waals surface area contributed by atoms with Crippen molar-refractivity contribution in [3.05, 3.63) is 64.9 Å². The molecular weight excluding hydrogens is 500 g/mol. The maximum Gasteiger partial charge on any atom is 0.220 e. The van der Waals surface area contributed by atoms with Crippen LogP contribution in [0.2, 0.25) is 0 Å². The number of nitrogens with one attached hydrogen (secondary N) is 2. The highest BCUT2D eigenvalue weighted by Gasteiger charge is 2.59. The van der Waals surface area contributed by atoms with E-state index in [2.05, 4.69) is 22.5 Å². The number of hydrogen-bond donors (Lipinski definition) is 4. The minimum Gasteiger partial charge on any atom is -0.496 e. The van der Waals surface area contributed by atoms with Crippen molar-refractivity contribution in [1.82, 2.24) is 15.3 Å². The number of nitrogens with zero attached hydrogens (tertiary/aromatic N) is 2. The van der Waals surface area contributed by atoms with Gasteiger partial charge < -0.3 is 25.6 Å². The predicted molar refractivity (Wildman–Crippen MR) is 148 cm³/mol. The molecule has 2 aliphatic rings. The minimum absolute atomic E-state index is 0.00922. The Labute approximate surface area is 227 Å². The van der Waals surface area contributed by atoms with E-state index in [-0.39, 0.29) is 36.2 Å². The van der Waals surface area contributed by atoms with Gasteiger partial charge in [0.05, 0.1) is 37.4 Å². The number of rotatable bonds is 8. The van der Waals surface area contributed by atoms with Crippen LogP contribution in [0.5, 0.6) is 5.75 Å². The lowest BCUT2D eigenvalue weighted by Crippen LogP contribution is -2.57. The summed E-state index contributed by atoms with van der Waals surface area (Å²) in [5.41, 5.74) is 1.76. The van der Waals surface area contributed by atoms with Crippen LogP contribution in [0.15, 0.2) is 48.8 Å². The summed E-state index contributed by atoms with van der Waals surface area (Å²) >= 11 is 1.58. The normalized spacial score (nSPS) is 28.2. The molecule has 3 aromatic rings. The molecule has 1 aromatic carbocycles. The molecule has 2 aromatic heterocycles. The van der Waals surface area contributed by atoms with Crippen molar-refractivity contribution in [2.75, 3.05) is 19.0 Å². The summed E-state index contributed by atoms with van der Waals surface area (Å²) in [6.07, 6.45) is 5.24. The van der Waals surface area contributed by atoms with E-state index < -0.39 is 11.5 Å². The summed E-state index contributed by atoms with van der Waals surface area (Å²) < 4.78 is 5.44. The first-order valence-corrected chi connectivity index (χ1v) is 13.9. The Morgan fingerprint density at radius 2 is 2.05 bits per heavy atom. The molecule has 9 heteroatoms. The van der Waals surface area contributed by atoms with Gasteiger partial charge in [-0.1, -0.05) is 32.0 Å². The van der Waals surface area contributed by atoms with Gasteiger partial charge in [0.15, 0.2) is 5.13 Å². The molecule has 2 aliphatic carbocycles. The molecule has 5 rings (SSSR count). The molecule has 0 spiro atoms. The smallest absolute Gasteiger partial charge is 0.220 e. The Kier molecular flexibility index (Phi) is 7.44. The van der Waals surface area contributed by atoms with Crippen LogP contribution in [0.25, 0.3) is 0 Å². The zero-order valence-electron chi connectivity index (χ0n) is 22.1. The van der Waals surface area contributed by atoms with Gasteiger partial charge in [-0.3, -0.25) is 9.78 Å². The molecule has 0 saturated heterocycles. The standard InChI is InChI=1S/C29H36N4O4S/c1-28-11-10-24(35)29(2,17-34)23(28)14-22-26(33-27(38-22)32-19-8-6-12-30-16-19)20(28)13-25(36)31-15-18-7-4-5-9-21(18)37-3/h4-9,12,16,20,23-24,34-35H,10-11,13-15,17H2,1-3H3,(H,31,36)(H,32,33). The largest absolute Gasteiger partial charge is 0.496 e. The van der Waals surface area contributed by atoms with Crippen LogP contribution in [0.3, 0.4) is 0 Å². The summed E-state index contributed by atoms with van der Waals surface area (Å²) in [6, 6.07) is 11.5. The van der Waals surface area contributed by atoms with E-state index in [0.717, 1.165) is 39.1 Å². The Hall–Kier alpha value is -3.01. The SMILES string of the molecule is COc1ccccc1CNC(=O)CC1c2nc(Nc3cccnc3)sc2CC2C(C)(CO)C(O)CCC12C. The van der Waals surface area contributed by atoms with Gasteiger partial charge >= 0.3 is 0 Å². The highest BCUT2D eigenvalue weighted by molar-refractivity contribution is 7.15. The first kappa shape index (κ1) is 26.6. The molecule has 1 fully saturated rings. The number of ether oxygens (including phenoxy) is 1. The van der Waals surface area contributed by atoms with Gasteiger partial charge in [0.2, 0.25) is 5.91 Å². The van der Waals surface area contributed by atoms with Crippen LogP contribution in [-0.4, -0.2) is 45.9 Å². The van der Waals surface area contributed by atoms with Crippen molar-refractivity contribution >= 4 is 28.1 Å². The second-order valence-electron chi connectivity index (χ2n) is 11.0. The van der Waals surface area contributed by atoms with Crippen molar-refractivity contribution in [3.8, 4) is 5.75 Å². The van der Waals surface area contributed by atoms with Gasteiger partial charge in [-0.15, -0.1) is 11.3 Å². The second-order valence-corrected chi connectivity index (χ2v) is 12.1. The molecular formula is C29H36N4O4S. The lowest BCUT2D eigenvalue weighted by molar-refractivity contribution is -0.144. The van der Waals surface area contributed by atoms with Gasteiger partial charge in [-0.25, -0.2) is 4.98 Å². The number of para-hydroxylation sites is 1. The molecule has 1 saturated carbocycles. The third kappa shape index (κ3) is 4.79. The van der Waals surface area contributed by atoms with E-state index in [1.54, 1.807) is 30.8 Å². The number of aliphatic hydroxyl groups excluding tert-OH is 2. The number of aliphatic hydroxyl groups is 2. The number of benzene rings is 1. The van der Waals surface area contributed by atoms with Gasteiger partial charge in [0, 0.05) is 40.9 Å². The summed E-state index contributed by atoms with van der Waals surface area (Å²) in [6.45, 7) is 4.47. The Morgan fingerprint density at radius 1 is 1.24 bits per heavy atom. The number of pyridine rings is 1. The average Bonchev–Trinajstić information content (AvgIpc) is 3.33. The van der Waals surface area contributed by atoms with E-state index in [0.29, 0.717) is 19.4 Å². The van der Waals surface area contributed by atoms with E-state index in [1.807, 2.05) is 43.3 Å². The maximum absolute atomic E-state index is 13.4. The molecule has 1 amide bonds. The van der Waals surface area contributed by atoms with Crippen LogP contribution >= 0.6 is 11.3 Å². The molecule has 2 heterocycles. The van der Waals surface area contributed by atoms with Crippen LogP contribution in [0.1, 0.15) is 55.2 Å². The first-order valence-electron chi connectivity index (χ1n) is 13.1. The second kappa shape index (κ2) is 10.6. The lowest BCUT2D eigenvalue weighted by Gasteiger charge is -2.58. The van der Waals surface area contributed by atoms with Crippen molar-refractivity contribution < 1.29 is 19.7 Å². The lowest BCUT2D eigenvalue weighted by atomic mass is 9.47. The number of thiazole rings is 1. The van der Waals surface area contributed by atoms with Crippen LogP contribution in [-0.2, 0) is 17.8 Å². The molecule has 0 radical (unpaired) electrons. The number of carbonyl (C=O) groups excluding carboxylic acids is 1. The third-order valence-corrected chi connectivity index (χ3v) is 9.87. The molecule has 38 heavy (non-hydrogen) atoms. The Morgan fingerprint density at radius 3 is 2.79 bits per heavy atom. The molecule has 4 N–H and O–H groups in total. The zero-order chi connectivity index (χ0) is 26.9.